The van der Waals surface area contributed by atoms with Crippen molar-refractivity contribution in [1.29, 1.82) is 0 Å². The van der Waals surface area contributed by atoms with Gasteiger partial charge >= 0.3 is 0 Å². The summed E-state index contributed by atoms with van der Waals surface area (Å²) in [6.45, 7) is 8.35. The minimum atomic E-state index is 0.951. The summed E-state index contributed by atoms with van der Waals surface area (Å²) in [7, 11) is 2.08. The minimum Gasteiger partial charge on any atom is -0.341 e. The lowest BCUT2D eigenvalue weighted by atomic mass is 9.74. The number of benzene rings is 3. The molecule has 3 aromatic carbocycles. The second-order valence-electron chi connectivity index (χ2n) is 7.97. The van der Waals surface area contributed by atoms with Crippen LogP contribution in [0.4, 0.5) is 5.69 Å². The van der Waals surface area contributed by atoms with Crippen LogP contribution in [0.15, 0.2) is 103 Å². The first-order valence-electron chi connectivity index (χ1n) is 11.8. The molecule has 0 spiro atoms. The molecule has 2 nitrogen and oxygen atoms in total. The topological polar surface area (TPSA) is 7.12 Å². The summed E-state index contributed by atoms with van der Waals surface area (Å²) < 4.78 is 2.38. The number of aromatic nitrogens is 1. The van der Waals surface area contributed by atoms with Crippen LogP contribution in [-0.4, -0.2) is 13.8 Å². The number of anilines is 1. The molecule has 0 unspecified atom stereocenters. The van der Waals surface area contributed by atoms with Crippen molar-refractivity contribution in [3.05, 3.63) is 114 Å². The Hall–Kier alpha value is -3.59. The highest BCUT2D eigenvalue weighted by molar-refractivity contribution is 6.51. The van der Waals surface area contributed by atoms with Gasteiger partial charge in [-0.15, -0.1) is 12.1 Å². The van der Waals surface area contributed by atoms with Crippen molar-refractivity contribution >= 4 is 41.5 Å². The average Bonchev–Trinajstić information content (AvgIpc) is 2.89. The van der Waals surface area contributed by atoms with Gasteiger partial charge in [0.25, 0.3) is 0 Å². The number of pyridine rings is 1. The van der Waals surface area contributed by atoms with Crippen LogP contribution in [0, 0.1) is 0 Å². The van der Waals surface area contributed by atoms with Gasteiger partial charge in [0.2, 0.25) is 11.2 Å². The molecule has 5 rings (SSSR count). The van der Waals surface area contributed by atoms with Gasteiger partial charge in [0.1, 0.15) is 6.54 Å². The van der Waals surface area contributed by atoms with E-state index in [0.29, 0.717) is 0 Å². The third kappa shape index (κ3) is 5.09. The molecule has 1 aromatic heterocycles. The normalized spacial score (nSPS) is 13.5. The smallest absolute Gasteiger partial charge is 0.212 e. The van der Waals surface area contributed by atoms with Crippen LogP contribution in [0.2, 0.25) is 6.82 Å². The average molecular weight is 430 g/mol. The number of rotatable bonds is 4. The molecule has 1 aliphatic heterocycles. The molecule has 3 heteroatoms. The number of hydrogen-bond acceptors (Lipinski definition) is 1. The van der Waals surface area contributed by atoms with Crippen LogP contribution in [0.5, 0.6) is 0 Å². The van der Waals surface area contributed by atoms with Crippen molar-refractivity contribution in [1.82, 2.24) is 0 Å². The molecule has 2 heterocycles. The van der Waals surface area contributed by atoms with Crippen molar-refractivity contribution in [2.75, 3.05) is 11.4 Å². The lowest BCUT2D eigenvalue weighted by Crippen LogP contribution is -2.37. The van der Waals surface area contributed by atoms with Crippen molar-refractivity contribution in [3.8, 4) is 0 Å². The van der Waals surface area contributed by atoms with E-state index in [4.69, 9.17) is 0 Å². The van der Waals surface area contributed by atoms with Crippen LogP contribution >= 0.6 is 0 Å². The van der Waals surface area contributed by atoms with Crippen LogP contribution in [-0.2, 0) is 6.54 Å². The van der Waals surface area contributed by atoms with E-state index in [9.17, 15) is 0 Å². The van der Waals surface area contributed by atoms with Crippen LogP contribution in [0.3, 0.4) is 0 Å². The lowest BCUT2D eigenvalue weighted by molar-refractivity contribution is -0.669. The summed E-state index contributed by atoms with van der Waals surface area (Å²) in [6, 6.07) is 31.9. The van der Waals surface area contributed by atoms with Gasteiger partial charge in [-0.2, -0.15) is 4.57 Å². The van der Waals surface area contributed by atoms with E-state index in [2.05, 4.69) is 122 Å². The lowest BCUT2D eigenvalue weighted by Gasteiger charge is -2.29. The van der Waals surface area contributed by atoms with Gasteiger partial charge in [-0.25, -0.2) is 6.82 Å². The fraction of sp³-hybridized carbons (Fsp3) is 0.167. The second-order valence-corrected chi connectivity index (χ2v) is 7.97. The first-order valence-corrected chi connectivity index (χ1v) is 11.8. The molecule has 0 aliphatic carbocycles. The Morgan fingerprint density at radius 1 is 0.788 bits per heavy atom. The number of aryl methyl sites for hydroxylation is 1. The molecular weight excluding hydrogens is 399 g/mol. The SMILES string of the molecule is CCN1C(=Cc2ccc3ccccc3[n+]2CC)C=Cc2ccccc21.C[B-]c1ccccc1. The molecule has 33 heavy (non-hydrogen) atoms. The zero-order valence-corrected chi connectivity index (χ0v) is 19.8. The van der Waals surface area contributed by atoms with E-state index >= 15 is 0 Å². The number of likely N-dealkylation sites (N-methyl/N-ethyl adjacent to an activating group) is 1. The Balaban J connectivity index is 0.000000275. The van der Waals surface area contributed by atoms with Crippen LogP contribution < -0.4 is 14.9 Å². The second kappa shape index (κ2) is 10.8. The first-order chi connectivity index (χ1) is 16.2. The van der Waals surface area contributed by atoms with Crippen LogP contribution in [0.25, 0.3) is 23.1 Å². The summed E-state index contributed by atoms with van der Waals surface area (Å²) >= 11 is 0. The highest BCUT2D eigenvalue weighted by atomic mass is 15.1. The molecule has 0 amide bonds. The molecule has 0 N–H and O–H groups in total. The Bertz CT molecular complexity index is 1270. The number of para-hydroxylation sites is 2. The highest BCUT2D eigenvalue weighted by Gasteiger charge is 2.18. The summed E-state index contributed by atoms with van der Waals surface area (Å²) in [6.07, 6.45) is 6.73. The molecule has 4 aromatic rings. The summed E-state index contributed by atoms with van der Waals surface area (Å²) in [4.78, 5) is 2.38. The van der Waals surface area contributed by atoms with E-state index in [1.165, 1.54) is 39.0 Å². The largest absolute Gasteiger partial charge is 0.341 e. The zero-order chi connectivity index (χ0) is 23.0. The molecule has 2 radical (unpaired) electrons. The van der Waals surface area contributed by atoms with Gasteiger partial charge < -0.3 is 12.2 Å². The van der Waals surface area contributed by atoms with Gasteiger partial charge in [0, 0.05) is 41.5 Å². The van der Waals surface area contributed by atoms with E-state index in [-0.39, 0.29) is 0 Å². The van der Waals surface area contributed by atoms with Gasteiger partial charge in [0.05, 0.1) is 0 Å². The van der Waals surface area contributed by atoms with Crippen molar-refractivity contribution in [2.45, 2.75) is 27.2 Å². The van der Waals surface area contributed by atoms with E-state index in [0.717, 1.165) is 13.1 Å². The molecule has 0 saturated carbocycles. The summed E-state index contributed by atoms with van der Waals surface area (Å²) in [5.74, 6) is 0. The highest BCUT2D eigenvalue weighted by Crippen LogP contribution is 2.31. The standard InChI is InChI=1S/C23H23N2.C7H8B/c1-3-24-20(15-13-18-9-5-7-11-22(18)24)17-21-16-14-19-10-6-8-12-23(19)25(21)4-2;1-8-7-5-3-2-4-6-7/h5-17H,3-4H2,1-2H3;2-6H,1H3/q+1;-1. The molecule has 1 aliphatic rings. The van der Waals surface area contributed by atoms with E-state index < -0.39 is 0 Å². The molecule has 0 bridgehead atoms. The zero-order valence-electron chi connectivity index (χ0n) is 19.8. The predicted octanol–water partition coefficient (Wildman–Crippen LogP) is 6.11. The minimum absolute atomic E-state index is 0.951. The van der Waals surface area contributed by atoms with E-state index in [1.807, 2.05) is 25.0 Å². The molecule has 0 atom stereocenters. The quantitative estimate of drug-likeness (QED) is 0.280. The molecule has 164 valence electrons. The number of allylic oxidation sites excluding steroid dienone is 1. The Morgan fingerprint density at radius 2 is 1.52 bits per heavy atom. The first kappa shape index (κ1) is 22.6. The monoisotopic (exact) mass is 430 g/mol. The summed E-state index contributed by atoms with van der Waals surface area (Å²) in [5.41, 5.74) is 7.60. The van der Waals surface area contributed by atoms with Crippen molar-refractivity contribution in [3.63, 3.8) is 0 Å². The maximum Gasteiger partial charge on any atom is 0.212 e. The van der Waals surface area contributed by atoms with Gasteiger partial charge in [-0.05, 0) is 43.7 Å². The van der Waals surface area contributed by atoms with E-state index in [1.54, 1.807) is 0 Å². The third-order valence-corrected chi connectivity index (χ3v) is 6.01. The van der Waals surface area contributed by atoms with Gasteiger partial charge in [0.15, 0.2) is 0 Å². The fourth-order valence-corrected chi connectivity index (χ4v) is 4.31. The number of fused-ring (bicyclic) bond motifs is 2. The number of nitrogens with zero attached hydrogens (tertiary/aromatic N) is 2. The van der Waals surface area contributed by atoms with Gasteiger partial charge in [-0.3, -0.25) is 5.46 Å². The summed E-state index contributed by atoms with van der Waals surface area (Å²) in [5, 5.41) is 1.28. The molecule has 0 saturated heterocycles. The maximum absolute atomic E-state index is 2.38. The van der Waals surface area contributed by atoms with Crippen molar-refractivity contribution < 1.29 is 4.57 Å². The van der Waals surface area contributed by atoms with Gasteiger partial charge in [-0.1, -0.05) is 54.6 Å². The predicted molar refractivity (Wildman–Crippen MR) is 144 cm³/mol. The Kier molecular flexibility index (Phi) is 7.42. The Morgan fingerprint density at radius 3 is 2.24 bits per heavy atom. The maximum atomic E-state index is 2.38. The third-order valence-electron chi connectivity index (χ3n) is 6.01. The fourth-order valence-electron chi connectivity index (χ4n) is 4.31. The number of hydrogen-bond donors (Lipinski definition) is 0. The van der Waals surface area contributed by atoms with Crippen molar-refractivity contribution in [2.24, 2.45) is 0 Å². The van der Waals surface area contributed by atoms with Crippen LogP contribution in [0.1, 0.15) is 25.1 Å². The Labute approximate surface area is 198 Å². The molecular formula is C30H31BN2. The molecule has 0 fully saturated rings.